The van der Waals surface area contributed by atoms with E-state index in [0.717, 1.165) is 0 Å². The molecule has 0 N–H and O–H groups in total. The predicted molar refractivity (Wildman–Crippen MR) is 52.2 cm³/mol. The first-order valence-electron chi connectivity index (χ1n) is 3.64. The van der Waals surface area contributed by atoms with Gasteiger partial charge in [-0.1, -0.05) is 36.0 Å². The zero-order valence-corrected chi connectivity index (χ0v) is 8.01. The standard InChI is InChI=1S/C9H9ClN2O/c1-4-7(8(10)5-2)9-11-6(3)13-12-9/h4-5H,1-2H2,3H3/b8-7-. The molecule has 0 unspecified atom stereocenters. The van der Waals surface area contributed by atoms with Gasteiger partial charge < -0.3 is 4.52 Å². The summed E-state index contributed by atoms with van der Waals surface area (Å²) in [7, 11) is 0. The van der Waals surface area contributed by atoms with Gasteiger partial charge in [-0.2, -0.15) is 4.98 Å². The number of halogens is 1. The summed E-state index contributed by atoms with van der Waals surface area (Å²) in [5, 5.41) is 4.16. The van der Waals surface area contributed by atoms with Crippen LogP contribution in [0.1, 0.15) is 11.7 Å². The number of allylic oxidation sites excluding steroid dienone is 4. The molecule has 1 aromatic rings. The van der Waals surface area contributed by atoms with Gasteiger partial charge in [0.1, 0.15) is 0 Å². The summed E-state index contributed by atoms with van der Waals surface area (Å²) in [5.41, 5.74) is 0.619. The summed E-state index contributed by atoms with van der Waals surface area (Å²) in [5.74, 6) is 0.917. The van der Waals surface area contributed by atoms with Gasteiger partial charge in [-0.25, -0.2) is 0 Å². The Hall–Kier alpha value is -1.35. The highest BCUT2D eigenvalue weighted by atomic mass is 35.5. The normalized spacial score (nSPS) is 12.2. The van der Waals surface area contributed by atoms with E-state index in [-0.39, 0.29) is 0 Å². The molecule has 3 nitrogen and oxygen atoms in total. The lowest BCUT2D eigenvalue weighted by Crippen LogP contribution is -1.85. The minimum Gasteiger partial charge on any atom is -0.339 e. The molecule has 1 rings (SSSR count). The molecule has 0 aliphatic rings. The second-order valence-electron chi connectivity index (χ2n) is 2.31. The quantitative estimate of drug-likeness (QED) is 0.698. The summed E-state index contributed by atoms with van der Waals surface area (Å²) in [6, 6.07) is 0. The molecule has 0 radical (unpaired) electrons. The van der Waals surface area contributed by atoms with Crippen LogP contribution in [0.4, 0.5) is 0 Å². The average Bonchev–Trinajstić information content (AvgIpc) is 2.53. The SMILES string of the molecule is C=C/C(Cl)=C(\C=C)c1noc(C)n1. The molecule has 1 heterocycles. The Bertz CT molecular complexity index is 365. The Balaban J connectivity index is 3.18. The summed E-state index contributed by atoms with van der Waals surface area (Å²) in [6.45, 7) is 8.85. The first-order valence-corrected chi connectivity index (χ1v) is 4.02. The fourth-order valence-corrected chi connectivity index (χ4v) is 0.976. The third-order valence-electron chi connectivity index (χ3n) is 1.41. The highest BCUT2D eigenvalue weighted by Gasteiger charge is 2.08. The Labute approximate surface area is 81.4 Å². The van der Waals surface area contributed by atoms with Crippen molar-refractivity contribution in [3.63, 3.8) is 0 Å². The molecule has 0 aliphatic heterocycles. The molecule has 0 spiro atoms. The van der Waals surface area contributed by atoms with Crippen molar-refractivity contribution in [1.82, 2.24) is 10.1 Å². The Morgan fingerprint density at radius 2 is 2.15 bits per heavy atom. The molecule has 0 amide bonds. The van der Waals surface area contributed by atoms with Crippen molar-refractivity contribution in [2.75, 3.05) is 0 Å². The second kappa shape index (κ2) is 4.05. The zero-order chi connectivity index (χ0) is 9.84. The third kappa shape index (κ3) is 2.06. The van der Waals surface area contributed by atoms with Crippen LogP contribution in [0, 0.1) is 6.92 Å². The highest BCUT2D eigenvalue weighted by Crippen LogP contribution is 2.20. The summed E-state index contributed by atoms with van der Waals surface area (Å²) in [6.07, 6.45) is 3.07. The van der Waals surface area contributed by atoms with Crippen LogP contribution in [0.25, 0.3) is 5.57 Å². The third-order valence-corrected chi connectivity index (χ3v) is 1.77. The van der Waals surface area contributed by atoms with Gasteiger partial charge in [0.2, 0.25) is 11.7 Å². The monoisotopic (exact) mass is 196 g/mol. The van der Waals surface area contributed by atoms with Crippen LogP contribution in [-0.4, -0.2) is 10.1 Å². The summed E-state index contributed by atoms with van der Waals surface area (Å²) in [4.78, 5) is 4.01. The lowest BCUT2D eigenvalue weighted by Gasteiger charge is -1.94. The summed E-state index contributed by atoms with van der Waals surface area (Å²) < 4.78 is 4.81. The molecule has 0 atom stereocenters. The summed E-state index contributed by atoms with van der Waals surface area (Å²) >= 11 is 5.84. The maximum absolute atomic E-state index is 5.84. The number of aromatic nitrogens is 2. The number of aryl methyl sites for hydroxylation is 1. The van der Waals surface area contributed by atoms with Crippen LogP contribution in [-0.2, 0) is 0 Å². The smallest absolute Gasteiger partial charge is 0.223 e. The van der Waals surface area contributed by atoms with Gasteiger partial charge in [-0.05, 0) is 6.08 Å². The Morgan fingerprint density at radius 3 is 2.54 bits per heavy atom. The molecular formula is C9H9ClN2O. The van der Waals surface area contributed by atoms with Gasteiger partial charge in [0.25, 0.3) is 0 Å². The molecule has 0 saturated heterocycles. The van der Waals surface area contributed by atoms with Crippen molar-refractivity contribution in [1.29, 1.82) is 0 Å². The fourth-order valence-electron chi connectivity index (χ4n) is 0.814. The van der Waals surface area contributed by atoms with Crippen LogP contribution < -0.4 is 0 Å². The van der Waals surface area contributed by atoms with Gasteiger partial charge in [0.15, 0.2) is 0 Å². The maximum atomic E-state index is 5.84. The number of nitrogens with zero attached hydrogens (tertiary/aromatic N) is 2. The van der Waals surface area contributed by atoms with Crippen LogP contribution in [0.15, 0.2) is 34.9 Å². The molecule has 0 aliphatic carbocycles. The lowest BCUT2D eigenvalue weighted by molar-refractivity contribution is 0.391. The number of rotatable bonds is 3. The van der Waals surface area contributed by atoms with Gasteiger partial charge in [0, 0.05) is 12.5 Å². The van der Waals surface area contributed by atoms with Crippen LogP contribution in [0.2, 0.25) is 0 Å². The van der Waals surface area contributed by atoms with Gasteiger partial charge in [-0.15, -0.1) is 0 Å². The maximum Gasteiger partial charge on any atom is 0.223 e. The largest absolute Gasteiger partial charge is 0.339 e. The molecule has 0 saturated carbocycles. The molecular weight excluding hydrogens is 188 g/mol. The Morgan fingerprint density at radius 1 is 1.46 bits per heavy atom. The lowest BCUT2D eigenvalue weighted by atomic mass is 10.2. The van der Waals surface area contributed by atoms with E-state index in [1.54, 1.807) is 13.0 Å². The molecule has 0 aromatic carbocycles. The Kier molecular flexibility index (Phi) is 3.03. The molecule has 4 heteroatoms. The molecule has 0 fully saturated rings. The van der Waals surface area contributed by atoms with E-state index in [1.807, 2.05) is 0 Å². The van der Waals surface area contributed by atoms with Crippen molar-refractivity contribution in [3.05, 3.63) is 42.1 Å². The molecule has 13 heavy (non-hydrogen) atoms. The number of hydrogen-bond acceptors (Lipinski definition) is 3. The average molecular weight is 197 g/mol. The highest BCUT2D eigenvalue weighted by molar-refractivity contribution is 6.34. The first-order chi connectivity index (χ1) is 6.19. The van der Waals surface area contributed by atoms with Crippen molar-refractivity contribution in [3.8, 4) is 0 Å². The van der Waals surface area contributed by atoms with E-state index in [0.29, 0.717) is 22.3 Å². The first kappa shape index (κ1) is 9.74. The minimum atomic E-state index is 0.428. The van der Waals surface area contributed by atoms with E-state index in [1.165, 1.54) is 6.08 Å². The van der Waals surface area contributed by atoms with Gasteiger partial charge in [0.05, 0.1) is 5.03 Å². The van der Waals surface area contributed by atoms with Gasteiger partial charge in [-0.3, -0.25) is 0 Å². The minimum absolute atomic E-state index is 0.428. The topological polar surface area (TPSA) is 38.9 Å². The fraction of sp³-hybridized carbons (Fsp3) is 0.111. The number of hydrogen-bond donors (Lipinski definition) is 0. The van der Waals surface area contributed by atoms with Crippen LogP contribution in [0.5, 0.6) is 0 Å². The second-order valence-corrected chi connectivity index (χ2v) is 2.71. The molecule has 68 valence electrons. The van der Waals surface area contributed by atoms with E-state index in [9.17, 15) is 0 Å². The van der Waals surface area contributed by atoms with Gasteiger partial charge >= 0.3 is 0 Å². The van der Waals surface area contributed by atoms with Crippen LogP contribution >= 0.6 is 11.6 Å². The van der Waals surface area contributed by atoms with E-state index < -0.39 is 0 Å². The van der Waals surface area contributed by atoms with Crippen molar-refractivity contribution in [2.24, 2.45) is 0 Å². The van der Waals surface area contributed by atoms with Crippen molar-refractivity contribution < 1.29 is 4.52 Å². The zero-order valence-electron chi connectivity index (χ0n) is 7.25. The van der Waals surface area contributed by atoms with E-state index in [4.69, 9.17) is 16.1 Å². The molecule has 1 aromatic heterocycles. The van der Waals surface area contributed by atoms with Crippen molar-refractivity contribution >= 4 is 17.2 Å². The van der Waals surface area contributed by atoms with E-state index >= 15 is 0 Å². The van der Waals surface area contributed by atoms with E-state index in [2.05, 4.69) is 23.3 Å². The predicted octanol–water partition coefficient (Wildman–Crippen LogP) is 2.70. The van der Waals surface area contributed by atoms with Crippen molar-refractivity contribution in [2.45, 2.75) is 6.92 Å². The molecule has 0 bridgehead atoms. The van der Waals surface area contributed by atoms with Crippen LogP contribution in [0.3, 0.4) is 0 Å².